The number of carbonyl (C=O) groups is 1. The average molecular weight is 458 g/mol. The van der Waals surface area contributed by atoms with Gasteiger partial charge in [0.05, 0.1) is 21.7 Å². The highest BCUT2D eigenvalue weighted by molar-refractivity contribution is 9.10. The van der Waals surface area contributed by atoms with Crippen LogP contribution < -0.4 is 5.32 Å². The number of hydrogen-bond acceptors (Lipinski definition) is 5. The van der Waals surface area contributed by atoms with Crippen LogP contribution >= 0.6 is 15.9 Å². The normalized spacial score (nSPS) is 19.2. The molecule has 1 atom stereocenters. The van der Waals surface area contributed by atoms with Crippen molar-refractivity contribution in [1.29, 1.82) is 0 Å². The average Bonchev–Trinajstić information content (AvgIpc) is 2.98. The van der Waals surface area contributed by atoms with Crippen LogP contribution in [-0.2, 0) is 19.7 Å². The van der Waals surface area contributed by atoms with Crippen molar-refractivity contribution in [3.05, 3.63) is 58.6 Å². The smallest absolute Gasteiger partial charge is 0.255 e. The highest BCUT2D eigenvalue weighted by Crippen LogP contribution is 2.26. The van der Waals surface area contributed by atoms with E-state index in [2.05, 4.69) is 21.2 Å². The molecule has 3 rings (SSSR count). The molecular weight excluding hydrogens is 442 g/mol. The van der Waals surface area contributed by atoms with Crippen molar-refractivity contribution < 1.29 is 21.6 Å². The van der Waals surface area contributed by atoms with Gasteiger partial charge in [0.25, 0.3) is 5.91 Å². The monoisotopic (exact) mass is 457 g/mol. The maximum atomic E-state index is 12.7. The lowest BCUT2D eigenvalue weighted by molar-refractivity contribution is 0.102. The molecule has 26 heavy (non-hydrogen) atoms. The van der Waals surface area contributed by atoms with Gasteiger partial charge in [-0.3, -0.25) is 4.79 Å². The minimum Gasteiger partial charge on any atom is -0.322 e. The van der Waals surface area contributed by atoms with E-state index in [0.717, 1.165) is 4.47 Å². The summed E-state index contributed by atoms with van der Waals surface area (Å²) in [6, 6.07) is 12.6. The minimum absolute atomic E-state index is 0.0388. The van der Waals surface area contributed by atoms with Gasteiger partial charge < -0.3 is 5.32 Å². The molecule has 6 nitrogen and oxygen atoms in total. The van der Waals surface area contributed by atoms with Gasteiger partial charge in [-0.15, -0.1) is 0 Å². The summed E-state index contributed by atoms with van der Waals surface area (Å²) in [4.78, 5) is 12.4. The lowest BCUT2D eigenvalue weighted by Crippen LogP contribution is -2.23. The number of carbonyl (C=O) groups excluding carboxylic acids is 1. The standard InChI is InChI=1S/C17H16BrNO5S2/c18-13-4-6-14(7-5-13)19-17(20)12-2-1-3-15(10-12)26(23,24)16-8-9-25(21,22)11-16/h1-7,10,16H,8-9,11H2,(H,19,20)/t16-/m0/s1. The van der Waals surface area contributed by atoms with Gasteiger partial charge in [-0.05, 0) is 48.9 Å². The summed E-state index contributed by atoms with van der Waals surface area (Å²) in [6.45, 7) is 0. The molecule has 0 saturated carbocycles. The molecule has 1 heterocycles. The van der Waals surface area contributed by atoms with E-state index >= 15 is 0 Å². The summed E-state index contributed by atoms with van der Waals surface area (Å²) < 4.78 is 49.4. The number of sulfone groups is 2. The Balaban J connectivity index is 1.83. The molecule has 1 fully saturated rings. The first kappa shape index (κ1) is 19.1. The first-order chi connectivity index (χ1) is 12.2. The first-order valence-corrected chi connectivity index (χ1v) is 11.9. The molecule has 0 radical (unpaired) electrons. The number of hydrogen-bond donors (Lipinski definition) is 1. The predicted molar refractivity (Wildman–Crippen MR) is 103 cm³/mol. The van der Waals surface area contributed by atoms with Gasteiger partial charge in [0.1, 0.15) is 0 Å². The molecule has 1 amide bonds. The Labute approximate surface area is 160 Å². The van der Waals surface area contributed by atoms with Gasteiger partial charge >= 0.3 is 0 Å². The largest absolute Gasteiger partial charge is 0.322 e. The maximum Gasteiger partial charge on any atom is 0.255 e. The molecule has 1 aliphatic heterocycles. The van der Waals surface area contributed by atoms with Crippen LogP contribution in [0.4, 0.5) is 5.69 Å². The van der Waals surface area contributed by atoms with Crippen LogP contribution in [0.25, 0.3) is 0 Å². The first-order valence-electron chi connectivity index (χ1n) is 7.79. The summed E-state index contributed by atoms with van der Waals surface area (Å²) in [6.07, 6.45) is 0.0833. The second kappa shape index (κ2) is 7.13. The topological polar surface area (TPSA) is 97.4 Å². The van der Waals surface area contributed by atoms with E-state index in [0.29, 0.717) is 5.69 Å². The highest BCUT2D eigenvalue weighted by Gasteiger charge is 2.38. The van der Waals surface area contributed by atoms with Gasteiger partial charge in [-0.25, -0.2) is 16.8 Å². The third-order valence-corrected chi connectivity index (χ3v) is 8.85. The fourth-order valence-corrected chi connectivity index (χ4v) is 7.42. The van der Waals surface area contributed by atoms with Crippen molar-refractivity contribution in [1.82, 2.24) is 0 Å². The second-order valence-electron chi connectivity index (χ2n) is 6.06. The van der Waals surface area contributed by atoms with Crippen LogP contribution in [0.3, 0.4) is 0 Å². The van der Waals surface area contributed by atoms with Crippen molar-refractivity contribution in [3.63, 3.8) is 0 Å². The van der Waals surface area contributed by atoms with Crippen LogP contribution in [0.1, 0.15) is 16.8 Å². The third kappa shape index (κ3) is 4.16. The summed E-state index contributed by atoms with van der Waals surface area (Å²) in [7, 11) is -7.13. The molecule has 0 bridgehead atoms. The molecule has 1 saturated heterocycles. The van der Waals surface area contributed by atoms with Gasteiger partial charge in [-0.2, -0.15) is 0 Å². The van der Waals surface area contributed by atoms with E-state index in [4.69, 9.17) is 0 Å². The summed E-state index contributed by atoms with van der Waals surface area (Å²) in [5.74, 6) is -0.936. The van der Waals surface area contributed by atoms with Crippen molar-refractivity contribution in [2.45, 2.75) is 16.6 Å². The zero-order chi connectivity index (χ0) is 18.9. The molecule has 0 spiro atoms. The Morgan fingerprint density at radius 3 is 2.42 bits per heavy atom. The van der Waals surface area contributed by atoms with Gasteiger partial charge in [-0.1, -0.05) is 22.0 Å². The Bertz CT molecular complexity index is 1050. The van der Waals surface area contributed by atoms with Crippen LogP contribution in [0.15, 0.2) is 57.9 Å². The zero-order valence-electron chi connectivity index (χ0n) is 13.6. The number of nitrogens with one attached hydrogen (secondary N) is 1. The van der Waals surface area contributed by atoms with Crippen LogP contribution in [0.5, 0.6) is 0 Å². The molecule has 2 aromatic carbocycles. The minimum atomic E-state index is -3.81. The fourth-order valence-electron chi connectivity index (χ4n) is 2.75. The van der Waals surface area contributed by atoms with E-state index in [-0.39, 0.29) is 28.4 Å². The Morgan fingerprint density at radius 2 is 1.81 bits per heavy atom. The van der Waals surface area contributed by atoms with Gasteiger partial charge in [0.2, 0.25) is 0 Å². The molecular formula is C17H16BrNO5S2. The molecule has 9 heteroatoms. The molecule has 138 valence electrons. The Hall–Kier alpha value is -1.71. The van der Waals surface area contributed by atoms with Crippen LogP contribution in [-0.4, -0.2) is 39.5 Å². The number of anilines is 1. The number of rotatable bonds is 4. The molecule has 0 aromatic heterocycles. The predicted octanol–water partition coefficient (Wildman–Crippen LogP) is 2.66. The molecule has 1 N–H and O–H groups in total. The highest BCUT2D eigenvalue weighted by atomic mass is 79.9. The maximum absolute atomic E-state index is 12.7. The second-order valence-corrected chi connectivity index (χ2v) is 11.4. The lowest BCUT2D eigenvalue weighted by atomic mass is 10.2. The number of halogens is 1. The quantitative estimate of drug-likeness (QED) is 0.760. The van der Waals surface area contributed by atoms with E-state index < -0.39 is 30.8 Å². The molecule has 2 aromatic rings. The molecule has 0 unspecified atom stereocenters. The molecule has 0 aliphatic carbocycles. The Kier molecular flexibility index (Phi) is 5.23. The SMILES string of the molecule is O=C(Nc1ccc(Br)cc1)c1cccc(S(=O)(=O)[C@H]2CCS(=O)(=O)C2)c1. The lowest BCUT2D eigenvalue weighted by Gasteiger charge is -2.11. The van der Waals surface area contributed by atoms with E-state index in [1.54, 1.807) is 24.3 Å². The van der Waals surface area contributed by atoms with Crippen molar-refractivity contribution in [2.75, 3.05) is 16.8 Å². The van der Waals surface area contributed by atoms with Crippen LogP contribution in [0, 0.1) is 0 Å². The number of amides is 1. The van der Waals surface area contributed by atoms with Crippen molar-refractivity contribution in [3.8, 4) is 0 Å². The molecule has 1 aliphatic rings. The summed E-state index contributed by atoms with van der Waals surface area (Å²) >= 11 is 3.31. The van der Waals surface area contributed by atoms with Crippen molar-refractivity contribution >= 4 is 47.2 Å². The van der Waals surface area contributed by atoms with E-state index in [1.165, 1.54) is 24.3 Å². The van der Waals surface area contributed by atoms with Gasteiger partial charge in [0, 0.05) is 15.7 Å². The third-order valence-electron chi connectivity index (χ3n) is 4.16. The zero-order valence-corrected chi connectivity index (χ0v) is 16.8. The number of benzene rings is 2. The van der Waals surface area contributed by atoms with Crippen LogP contribution in [0.2, 0.25) is 0 Å². The van der Waals surface area contributed by atoms with Crippen molar-refractivity contribution in [2.24, 2.45) is 0 Å². The summed E-state index contributed by atoms with van der Waals surface area (Å²) in [5, 5.41) is 1.74. The van der Waals surface area contributed by atoms with E-state index in [9.17, 15) is 21.6 Å². The fraction of sp³-hybridized carbons (Fsp3) is 0.235. The summed E-state index contributed by atoms with van der Waals surface area (Å²) in [5.41, 5.74) is 0.767. The van der Waals surface area contributed by atoms with E-state index in [1.807, 2.05) is 0 Å². The Morgan fingerprint density at radius 1 is 1.12 bits per heavy atom. The van der Waals surface area contributed by atoms with Gasteiger partial charge in [0.15, 0.2) is 19.7 Å².